The second-order valence-corrected chi connectivity index (χ2v) is 8.00. The lowest BCUT2D eigenvalue weighted by Crippen LogP contribution is -2.49. The number of rotatable bonds is 3. The zero-order valence-electron chi connectivity index (χ0n) is 16.9. The number of nitrogens with zero attached hydrogens (tertiary/aromatic N) is 6. The maximum absolute atomic E-state index is 13.2. The lowest BCUT2D eigenvalue weighted by atomic mass is 10.0. The van der Waals surface area contributed by atoms with Gasteiger partial charge in [-0.05, 0) is 58.7 Å². The predicted molar refractivity (Wildman–Crippen MR) is 105 cm³/mol. The van der Waals surface area contributed by atoms with Gasteiger partial charge in [0.1, 0.15) is 5.69 Å². The number of hydrogen-bond donors (Lipinski definition) is 0. The molecule has 2 aromatic heterocycles. The molecule has 4 rings (SSSR count). The Labute approximate surface area is 160 Å². The van der Waals surface area contributed by atoms with Crippen LogP contribution < -0.4 is 0 Å². The highest BCUT2D eigenvalue weighted by Gasteiger charge is 2.31. The fraction of sp³-hybridized carbons (Fsp3) is 0.650. The van der Waals surface area contributed by atoms with Crippen LogP contribution in [-0.4, -0.2) is 67.5 Å². The van der Waals surface area contributed by atoms with E-state index in [4.69, 9.17) is 0 Å². The summed E-state index contributed by atoms with van der Waals surface area (Å²) < 4.78 is 3.59. The molecule has 2 fully saturated rings. The first-order chi connectivity index (χ1) is 13.0. The molecule has 27 heavy (non-hydrogen) atoms. The molecule has 0 aliphatic carbocycles. The summed E-state index contributed by atoms with van der Waals surface area (Å²) in [6.07, 6.45) is 4.87. The third-order valence-electron chi connectivity index (χ3n) is 6.20. The van der Waals surface area contributed by atoms with Crippen LogP contribution >= 0.6 is 0 Å². The van der Waals surface area contributed by atoms with Gasteiger partial charge in [0.2, 0.25) is 0 Å². The molecule has 146 valence electrons. The van der Waals surface area contributed by atoms with Gasteiger partial charge < -0.3 is 4.90 Å². The van der Waals surface area contributed by atoms with E-state index in [0.29, 0.717) is 11.7 Å². The van der Waals surface area contributed by atoms with Gasteiger partial charge >= 0.3 is 0 Å². The van der Waals surface area contributed by atoms with Crippen LogP contribution in [0.15, 0.2) is 6.07 Å². The Bertz CT molecular complexity index is 845. The van der Waals surface area contributed by atoms with E-state index in [-0.39, 0.29) is 5.91 Å². The van der Waals surface area contributed by atoms with Crippen molar-refractivity contribution in [3.8, 4) is 11.3 Å². The minimum Gasteiger partial charge on any atom is -0.336 e. The summed E-state index contributed by atoms with van der Waals surface area (Å²) in [5.74, 6) is 0.0966. The fourth-order valence-electron chi connectivity index (χ4n) is 4.64. The summed E-state index contributed by atoms with van der Waals surface area (Å²) in [5.41, 5.74) is 4.53. The van der Waals surface area contributed by atoms with Crippen molar-refractivity contribution in [2.75, 3.05) is 26.2 Å². The van der Waals surface area contributed by atoms with Crippen LogP contribution in [0.3, 0.4) is 0 Å². The topological polar surface area (TPSA) is 59.2 Å². The van der Waals surface area contributed by atoms with Crippen LogP contribution in [-0.2, 0) is 14.1 Å². The average molecular weight is 371 g/mol. The molecule has 4 heterocycles. The highest BCUT2D eigenvalue weighted by molar-refractivity contribution is 5.94. The Kier molecular flexibility index (Phi) is 4.80. The quantitative estimate of drug-likeness (QED) is 0.831. The van der Waals surface area contributed by atoms with Crippen molar-refractivity contribution in [2.45, 2.75) is 45.6 Å². The summed E-state index contributed by atoms with van der Waals surface area (Å²) in [5, 5.41) is 9.11. The van der Waals surface area contributed by atoms with E-state index in [1.165, 1.54) is 32.4 Å². The molecule has 0 radical (unpaired) electrons. The molecule has 1 atom stereocenters. The predicted octanol–water partition coefficient (Wildman–Crippen LogP) is 2.14. The second-order valence-electron chi connectivity index (χ2n) is 8.00. The molecule has 2 aliphatic rings. The Hall–Kier alpha value is -2.15. The molecule has 0 bridgehead atoms. The minimum absolute atomic E-state index is 0.0966. The van der Waals surface area contributed by atoms with Gasteiger partial charge in [-0.1, -0.05) is 0 Å². The highest BCUT2D eigenvalue weighted by atomic mass is 16.2. The Balaban J connectivity index is 1.56. The summed E-state index contributed by atoms with van der Waals surface area (Å²) in [4.78, 5) is 17.8. The third-order valence-corrected chi connectivity index (χ3v) is 6.20. The molecule has 2 saturated heterocycles. The normalized spacial score (nSPS) is 21.2. The molecule has 0 N–H and O–H groups in total. The van der Waals surface area contributed by atoms with Crippen molar-refractivity contribution in [3.05, 3.63) is 23.1 Å². The second kappa shape index (κ2) is 7.11. The van der Waals surface area contributed by atoms with Gasteiger partial charge in [0.05, 0.1) is 11.4 Å². The molecule has 7 nitrogen and oxygen atoms in total. The number of carbonyl (C=O) groups is 1. The number of aromatic nitrogens is 4. The smallest absolute Gasteiger partial charge is 0.272 e. The van der Waals surface area contributed by atoms with Gasteiger partial charge in [0, 0.05) is 44.5 Å². The van der Waals surface area contributed by atoms with Crippen molar-refractivity contribution in [1.82, 2.24) is 29.4 Å². The zero-order valence-corrected chi connectivity index (χ0v) is 16.9. The van der Waals surface area contributed by atoms with Gasteiger partial charge in [-0.3, -0.25) is 19.1 Å². The minimum atomic E-state index is 0.0966. The summed E-state index contributed by atoms with van der Waals surface area (Å²) in [6, 6.07) is 2.44. The lowest BCUT2D eigenvalue weighted by molar-refractivity contribution is 0.0597. The number of carbonyl (C=O) groups excluding carboxylic acids is 1. The molecule has 0 spiro atoms. The Morgan fingerprint density at radius 1 is 1.04 bits per heavy atom. The van der Waals surface area contributed by atoms with E-state index in [9.17, 15) is 4.79 Å². The van der Waals surface area contributed by atoms with Crippen LogP contribution in [0.2, 0.25) is 0 Å². The SMILES string of the molecule is Cc1nn(C)c(C)c1-c1cc(C(=O)N2CCC[C@H](N3CCCC3)C2)n(C)n1. The summed E-state index contributed by atoms with van der Waals surface area (Å²) in [7, 11) is 3.80. The van der Waals surface area contributed by atoms with Crippen molar-refractivity contribution >= 4 is 5.91 Å². The number of piperidine rings is 1. The van der Waals surface area contributed by atoms with Gasteiger partial charge in [-0.15, -0.1) is 0 Å². The molecular weight excluding hydrogens is 340 g/mol. The van der Waals surface area contributed by atoms with Gasteiger partial charge in [0.15, 0.2) is 0 Å². The van der Waals surface area contributed by atoms with Gasteiger partial charge in [-0.2, -0.15) is 10.2 Å². The van der Waals surface area contributed by atoms with E-state index in [0.717, 1.165) is 42.2 Å². The molecule has 2 aromatic rings. The van der Waals surface area contributed by atoms with Crippen LogP contribution in [0.4, 0.5) is 0 Å². The average Bonchev–Trinajstić information content (AvgIpc) is 3.36. The van der Waals surface area contributed by atoms with E-state index in [1.54, 1.807) is 4.68 Å². The fourth-order valence-corrected chi connectivity index (χ4v) is 4.64. The third kappa shape index (κ3) is 3.29. The molecular formula is C20H30N6O. The van der Waals surface area contributed by atoms with E-state index >= 15 is 0 Å². The van der Waals surface area contributed by atoms with Crippen molar-refractivity contribution < 1.29 is 4.79 Å². The van der Waals surface area contributed by atoms with E-state index in [1.807, 2.05) is 43.6 Å². The molecule has 2 aliphatic heterocycles. The molecule has 0 aromatic carbocycles. The summed E-state index contributed by atoms with van der Waals surface area (Å²) >= 11 is 0. The first kappa shape index (κ1) is 18.2. The van der Waals surface area contributed by atoms with Crippen molar-refractivity contribution in [3.63, 3.8) is 0 Å². The van der Waals surface area contributed by atoms with Gasteiger partial charge in [0.25, 0.3) is 5.91 Å². The van der Waals surface area contributed by atoms with Crippen molar-refractivity contribution in [1.29, 1.82) is 0 Å². The van der Waals surface area contributed by atoms with Crippen LogP contribution in [0.25, 0.3) is 11.3 Å². The van der Waals surface area contributed by atoms with Gasteiger partial charge in [-0.25, -0.2) is 0 Å². The van der Waals surface area contributed by atoms with Crippen molar-refractivity contribution in [2.24, 2.45) is 14.1 Å². The molecule has 0 saturated carbocycles. The Morgan fingerprint density at radius 3 is 2.44 bits per heavy atom. The summed E-state index contributed by atoms with van der Waals surface area (Å²) in [6.45, 7) is 8.07. The lowest BCUT2D eigenvalue weighted by Gasteiger charge is -2.37. The molecule has 1 amide bonds. The zero-order chi connectivity index (χ0) is 19.1. The first-order valence-electron chi connectivity index (χ1n) is 10.0. The monoisotopic (exact) mass is 370 g/mol. The van der Waals surface area contributed by atoms with E-state index in [2.05, 4.69) is 15.1 Å². The van der Waals surface area contributed by atoms with E-state index < -0.39 is 0 Å². The number of hydrogen-bond acceptors (Lipinski definition) is 4. The van der Waals surface area contributed by atoms with Crippen LogP contribution in [0, 0.1) is 13.8 Å². The molecule has 7 heteroatoms. The standard InChI is InChI=1S/C20H30N6O/c1-14-19(15(2)23(3)21-14)17-12-18(24(4)22-17)20(27)26-11-7-8-16(13-26)25-9-5-6-10-25/h12,16H,5-11,13H2,1-4H3/t16-/m0/s1. The largest absolute Gasteiger partial charge is 0.336 e. The highest BCUT2D eigenvalue weighted by Crippen LogP contribution is 2.27. The van der Waals surface area contributed by atoms with Crippen LogP contribution in [0.5, 0.6) is 0 Å². The number of amides is 1. The number of likely N-dealkylation sites (tertiary alicyclic amines) is 2. The first-order valence-corrected chi connectivity index (χ1v) is 10.0. The maximum Gasteiger partial charge on any atom is 0.272 e. The molecule has 0 unspecified atom stereocenters. The Morgan fingerprint density at radius 2 is 1.78 bits per heavy atom. The van der Waals surface area contributed by atoms with Crippen LogP contribution in [0.1, 0.15) is 47.6 Å². The number of aryl methyl sites for hydroxylation is 3. The maximum atomic E-state index is 13.2.